The maximum atomic E-state index is 12.2. The highest BCUT2D eigenvalue weighted by Crippen LogP contribution is 2.31. The summed E-state index contributed by atoms with van der Waals surface area (Å²) in [6.45, 7) is 4.37. The molecule has 0 aliphatic heterocycles. The number of carbonyl (C=O) groups is 1. The van der Waals surface area contributed by atoms with Crippen LogP contribution >= 0.6 is 0 Å². The molecule has 6 nitrogen and oxygen atoms in total. The van der Waals surface area contributed by atoms with Crippen molar-refractivity contribution in [3.63, 3.8) is 0 Å². The summed E-state index contributed by atoms with van der Waals surface area (Å²) >= 11 is 0. The van der Waals surface area contributed by atoms with Crippen LogP contribution in [0.1, 0.15) is 29.7 Å². The first-order valence-electron chi connectivity index (χ1n) is 8.88. The number of hydrogen-bond donors (Lipinski definition) is 2. The van der Waals surface area contributed by atoms with Crippen LogP contribution in [0.15, 0.2) is 60.7 Å². The molecule has 0 saturated carbocycles. The van der Waals surface area contributed by atoms with Crippen LogP contribution in [-0.2, 0) is 0 Å². The minimum Gasteiger partial charge on any atom is -0.455 e. The molecule has 2 aromatic carbocycles. The van der Waals surface area contributed by atoms with Crippen molar-refractivity contribution < 1.29 is 9.53 Å². The second-order valence-electron chi connectivity index (χ2n) is 5.98. The lowest BCUT2D eigenvalue weighted by molar-refractivity contribution is 0.0948. The molecule has 1 amide bonds. The normalized spacial score (nSPS) is 10.3. The number of nitrogens with one attached hydrogen (secondary N) is 2. The molecule has 2 N–H and O–H groups in total. The van der Waals surface area contributed by atoms with Crippen molar-refractivity contribution in [3.8, 4) is 11.5 Å². The van der Waals surface area contributed by atoms with Crippen molar-refractivity contribution >= 4 is 17.4 Å². The average Bonchev–Trinajstić information content (AvgIpc) is 2.68. The smallest absolute Gasteiger partial charge is 0.270 e. The third-order valence-electron chi connectivity index (χ3n) is 3.73. The molecule has 27 heavy (non-hydrogen) atoms. The molecule has 0 radical (unpaired) electrons. The van der Waals surface area contributed by atoms with Gasteiger partial charge in [0, 0.05) is 12.6 Å². The Balaban J connectivity index is 1.83. The molecule has 0 bridgehead atoms. The van der Waals surface area contributed by atoms with E-state index < -0.39 is 0 Å². The highest BCUT2D eigenvalue weighted by atomic mass is 16.5. The van der Waals surface area contributed by atoms with Gasteiger partial charge in [-0.25, -0.2) is 9.97 Å². The van der Waals surface area contributed by atoms with Crippen molar-refractivity contribution in [3.05, 3.63) is 72.2 Å². The zero-order chi connectivity index (χ0) is 19.1. The largest absolute Gasteiger partial charge is 0.455 e. The van der Waals surface area contributed by atoms with Crippen molar-refractivity contribution in [2.75, 3.05) is 11.9 Å². The fourth-order valence-corrected chi connectivity index (χ4v) is 2.49. The molecular weight excluding hydrogens is 340 g/mol. The van der Waals surface area contributed by atoms with E-state index in [-0.39, 0.29) is 5.91 Å². The maximum Gasteiger partial charge on any atom is 0.270 e. The Labute approximate surface area is 158 Å². The second kappa shape index (κ2) is 8.80. The summed E-state index contributed by atoms with van der Waals surface area (Å²) in [6, 6.07) is 18.8. The lowest BCUT2D eigenvalue weighted by Crippen LogP contribution is -2.25. The van der Waals surface area contributed by atoms with Crippen molar-refractivity contribution in [1.29, 1.82) is 0 Å². The summed E-state index contributed by atoms with van der Waals surface area (Å²) < 4.78 is 5.96. The molecule has 1 heterocycles. The van der Waals surface area contributed by atoms with E-state index >= 15 is 0 Å². The van der Waals surface area contributed by atoms with Gasteiger partial charge in [0.2, 0.25) is 0 Å². The molecule has 0 saturated heterocycles. The Bertz CT molecular complexity index is 913. The third kappa shape index (κ3) is 5.04. The monoisotopic (exact) mass is 362 g/mol. The molecule has 0 fully saturated rings. The van der Waals surface area contributed by atoms with Gasteiger partial charge in [-0.3, -0.25) is 4.79 Å². The number of nitrogens with zero attached hydrogens (tertiary/aromatic N) is 2. The van der Waals surface area contributed by atoms with Gasteiger partial charge in [0.15, 0.2) is 5.75 Å². The minimum absolute atomic E-state index is 0.209. The van der Waals surface area contributed by atoms with Gasteiger partial charge >= 0.3 is 0 Å². The molecule has 3 aromatic rings. The van der Waals surface area contributed by atoms with Crippen molar-refractivity contribution in [2.45, 2.75) is 20.3 Å². The van der Waals surface area contributed by atoms with Gasteiger partial charge in [-0.15, -0.1) is 0 Å². The lowest BCUT2D eigenvalue weighted by Gasteiger charge is -2.13. The van der Waals surface area contributed by atoms with E-state index in [1.165, 1.54) is 0 Å². The van der Waals surface area contributed by atoms with Crippen molar-refractivity contribution in [2.24, 2.45) is 0 Å². The first-order chi connectivity index (χ1) is 13.2. The Morgan fingerprint density at radius 1 is 1.04 bits per heavy atom. The van der Waals surface area contributed by atoms with E-state index in [1.807, 2.05) is 61.5 Å². The van der Waals surface area contributed by atoms with Gasteiger partial charge < -0.3 is 15.4 Å². The second-order valence-corrected chi connectivity index (χ2v) is 5.98. The van der Waals surface area contributed by atoms with Gasteiger partial charge in [-0.1, -0.05) is 37.3 Å². The SMILES string of the molecule is CCCNC(=O)c1cc(Nc2ccccc2Oc2ccccc2)nc(C)n1. The number of ether oxygens (including phenoxy) is 1. The predicted octanol–water partition coefficient (Wildman–Crippen LogP) is 4.46. The van der Waals surface area contributed by atoms with E-state index in [2.05, 4.69) is 20.6 Å². The molecule has 0 aliphatic rings. The summed E-state index contributed by atoms with van der Waals surface area (Å²) in [7, 11) is 0. The lowest BCUT2D eigenvalue weighted by atomic mass is 10.2. The minimum atomic E-state index is -0.209. The summed E-state index contributed by atoms with van der Waals surface area (Å²) in [5.41, 5.74) is 1.08. The van der Waals surface area contributed by atoms with Crippen LogP contribution in [0.5, 0.6) is 11.5 Å². The van der Waals surface area contributed by atoms with Crippen LogP contribution < -0.4 is 15.4 Å². The standard InChI is InChI=1S/C21H22N4O2/c1-3-13-22-21(26)18-14-20(24-15(2)23-18)25-17-11-7-8-12-19(17)27-16-9-5-4-6-10-16/h4-12,14H,3,13H2,1-2H3,(H,22,26)(H,23,24,25). The number of aryl methyl sites for hydroxylation is 1. The molecular formula is C21H22N4O2. The number of aromatic nitrogens is 2. The quantitative estimate of drug-likeness (QED) is 0.649. The number of amides is 1. The molecule has 6 heteroatoms. The van der Waals surface area contributed by atoms with Gasteiger partial charge in [0.05, 0.1) is 5.69 Å². The summed E-state index contributed by atoms with van der Waals surface area (Å²) in [5, 5.41) is 6.06. The Kier molecular flexibility index (Phi) is 5.99. The Morgan fingerprint density at radius 3 is 2.56 bits per heavy atom. The van der Waals surface area contributed by atoms with Crippen LogP contribution in [0.4, 0.5) is 11.5 Å². The average molecular weight is 362 g/mol. The topological polar surface area (TPSA) is 76.1 Å². The van der Waals surface area contributed by atoms with Gasteiger partial charge in [0.25, 0.3) is 5.91 Å². The number of para-hydroxylation sites is 3. The first-order valence-corrected chi connectivity index (χ1v) is 8.88. The third-order valence-corrected chi connectivity index (χ3v) is 3.73. The van der Waals surface area contributed by atoms with Gasteiger partial charge in [-0.2, -0.15) is 0 Å². The van der Waals surface area contributed by atoms with Gasteiger partial charge in [0.1, 0.15) is 23.1 Å². The van der Waals surface area contributed by atoms with Gasteiger partial charge in [-0.05, 0) is 37.6 Å². The van der Waals surface area contributed by atoms with E-state index in [4.69, 9.17) is 4.74 Å². The maximum absolute atomic E-state index is 12.2. The molecule has 0 spiro atoms. The van der Waals surface area contributed by atoms with Crippen LogP contribution in [0.3, 0.4) is 0 Å². The first kappa shape index (κ1) is 18.4. The molecule has 0 atom stereocenters. The number of rotatable bonds is 7. The summed E-state index contributed by atoms with van der Waals surface area (Å²) in [6.07, 6.45) is 0.866. The van der Waals surface area contributed by atoms with Crippen LogP contribution in [0.2, 0.25) is 0 Å². The number of carbonyl (C=O) groups excluding carboxylic acids is 1. The van der Waals surface area contributed by atoms with Crippen LogP contribution in [-0.4, -0.2) is 22.4 Å². The highest BCUT2D eigenvalue weighted by Gasteiger charge is 2.11. The zero-order valence-electron chi connectivity index (χ0n) is 15.4. The molecule has 3 rings (SSSR count). The molecule has 1 aromatic heterocycles. The molecule has 138 valence electrons. The molecule has 0 unspecified atom stereocenters. The van der Waals surface area contributed by atoms with E-state index in [9.17, 15) is 4.79 Å². The highest BCUT2D eigenvalue weighted by molar-refractivity contribution is 5.93. The summed E-state index contributed by atoms with van der Waals surface area (Å²) in [5.74, 6) is 2.25. The fourth-order valence-electron chi connectivity index (χ4n) is 2.49. The van der Waals surface area contributed by atoms with E-state index in [1.54, 1.807) is 13.0 Å². The van der Waals surface area contributed by atoms with E-state index in [0.717, 1.165) is 17.9 Å². The van der Waals surface area contributed by atoms with E-state index in [0.29, 0.717) is 29.6 Å². The molecule has 0 aliphatic carbocycles. The Morgan fingerprint density at radius 2 is 1.78 bits per heavy atom. The zero-order valence-corrected chi connectivity index (χ0v) is 15.4. The number of benzene rings is 2. The van der Waals surface area contributed by atoms with Crippen LogP contribution in [0.25, 0.3) is 0 Å². The Hall–Kier alpha value is -3.41. The van der Waals surface area contributed by atoms with Crippen molar-refractivity contribution in [1.82, 2.24) is 15.3 Å². The summed E-state index contributed by atoms with van der Waals surface area (Å²) in [4.78, 5) is 20.8. The number of hydrogen-bond acceptors (Lipinski definition) is 5. The van der Waals surface area contributed by atoms with Crippen LogP contribution in [0, 0.1) is 6.92 Å². The number of anilines is 2. The predicted molar refractivity (Wildman–Crippen MR) is 106 cm³/mol. The fraction of sp³-hybridized carbons (Fsp3) is 0.190.